The topological polar surface area (TPSA) is 52.2 Å². The van der Waals surface area contributed by atoms with Gasteiger partial charge >= 0.3 is 0 Å². The van der Waals surface area contributed by atoms with Crippen molar-refractivity contribution < 1.29 is 4.39 Å². The number of nitrogens with zero attached hydrogens (tertiary/aromatic N) is 1. The number of guanidine groups is 1. The fourth-order valence-electron chi connectivity index (χ4n) is 2.43. The van der Waals surface area contributed by atoms with Gasteiger partial charge in [-0.3, -0.25) is 4.99 Å². The molecule has 24 heavy (non-hydrogen) atoms. The Morgan fingerprint density at radius 2 is 2.17 bits per heavy atom. The number of aromatic nitrogens is 1. The van der Waals surface area contributed by atoms with Crippen molar-refractivity contribution in [3.05, 3.63) is 47.9 Å². The molecular weight excluding hydrogens is 418 g/mol. The molecule has 0 fully saturated rings. The SMILES string of the molecule is C/C=C/CCN=C(NCC)NCCc1c[nH]c2ccc(F)cc12.I. The lowest BCUT2D eigenvalue weighted by molar-refractivity contribution is 0.629. The molecule has 3 N–H and O–H groups in total. The first-order valence-electron chi connectivity index (χ1n) is 8.13. The van der Waals surface area contributed by atoms with Crippen LogP contribution in [0.1, 0.15) is 25.8 Å². The number of rotatable bonds is 7. The largest absolute Gasteiger partial charge is 0.361 e. The third-order valence-corrected chi connectivity index (χ3v) is 3.56. The zero-order chi connectivity index (χ0) is 16.5. The Bertz CT molecular complexity index is 679. The van der Waals surface area contributed by atoms with E-state index >= 15 is 0 Å². The number of hydrogen-bond acceptors (Lipinski definition) is 1. The number of aliphatic imine (C=N–C) groups is 1. The Labute approximate surface area is 160 Å². The number of allylic oxidation sites excluding steroid dienone is 1. The van der Waals surface area contributed by atoms with Gasteiger partial charge in [-0.15, -0.1) is 24.0 Å². The third kappa shape index (κ3) is 6.14. The summed E-state index contributed by atoms with van der Waals surface area (Å²) >= 11 is 0. The van der Waals surface area contributed by atoms with Gasteiger partial charge in [-0.05, 0) is 50.5 Å². The molecule has 0 amide bonds. The molecule has 0 unspecified atom stereocenters. The molecule has 132 valence electrons. The molecule has 0 radical (unpaired) electrons. The molecule has 0 aliphatic heterocycles. The van der Waals surface area contributed by atoms with Crippen molar-refractivity contribution in [2.75, 3.05) is 19.6 Å². The van der Waals surface area contributed by atoms with E-state index in [1.807, 2.05) is 26.1 Å². The van der Waals surface area contributed by atoms with Crippen molar-refractivity contribution in [1.82, 2.24) is 15.6 Å². The van der Waals surface area contributed by atoms with Gasteiger partial charge in [-0.1, -0.05) is 12.2 Å². The number of benzene rings is 1. The fraction of sp³-hybridized carbons (Fsp3) is 0.389. The summed E-state index contributed by atoms with van der Waals surface area (Å²) in [5.74, 6) is 0.619. The van der Waals surface area contributed by atoms with Crippen LogP contribution in [0.3, 0.4) is 0 Å². The number of hydrogen-bond donors (Lipinski definition) is 3. The zero-order valence-electron chi connectivity index (χ0n) is 14.2. The molecule has 0 spiro atoms. The second kappa shape index (κ2) is 11.1. The molecule has 6 heteroatoms. The van der Waals surface area contributed by atoms with Gasteiger partial charge in [-0.2, -0.15) is 0 Å². The van der Waals surface area contributed by atoms with Crippen molar-refractivity contribution in [1.29, 1.82) is 0 Å². The van der Waals surface area contributed by atoms with Crippen LogP contribution in [-0.4, -0.2) is 30.6 Å². The highest BCUT2D eigenvalue weighted by atomic mass is 127. The van der Waals surface area contributed by atoms with Crippen molar-refractivity contribution in [3.63, 3.8) is 0 Å². The monoisotopic (exact) mass is 444 g/mol. The first-order chi connectivity index (χ1) is 11.2. The second-order valence-electron chi connectivity index (χ2n) is 5.30. The second-order valence-corrected chi connectivity index (χ2v) is 5.30. The Balaban J connectivity index is 0.00000288. The van der Waals surface area contributed by atoms with Crippen LogP contribution in [0.25, 0.3) is 10.9 Å². The Morgan fingerprint density at radius 1 is 1.33 bits per heavy atom. The number of fused-ring (bicyclic) bond motifs is 1. The minimum atomic E-state index is -0.204. The summed E-state index contributed by atoms with van der Waals surface area (Å²) in [6.07, 6.45) is 7.83. The van der Waals surface area contributed by atoms with E-state index in [-0.39, 0.29) is 29.8 Å². The maximum Gasteiger partial charge on any atom is 0.191 e. The summed E-state index contributed by atoms with van der Waals surface area (Å²) in [7, 11) is 0. The molecule has 0 atom stereocenters. The summed E-state index contributed by atoms with van der Waals surface area (Å²) in [4.78, 5) is 7.70. The van der Waals surface area contributed by atoms with Crippen LogP contribution < -0.4 is 10.6 Å². The van der Waals surface area contributed by atoms with E-state index in [9.17, 15) is 4.39 Å². The van der Waals surface area contributed by atoms with E-state index < -0.39 is 0 Å². The Morgan fingerprint density at radius 3 is 2.92 bits per heavy atom. The first-order valence-corrected chi connectivity index (χ1v) is 8.13. The van der Waals surface area contributed by atoms with E-state index in [2.05, 4.69) is 26.7 Å². The maximum absolute atomic E-state index is 13.4. The van der Waals surface area contributed by atoms with Gasteiger partial charge in [0.15, 0.2) is 5.96 Å². The third-order valence-electron chi connectivity index (χ3n) is 3.56. The standard InChI is InChI=1S/C18H25FN4.HI/c1-3-5-6-10-21-18(20-4-2)22-11-9-14-13-23-17-8-7-15(19)12-16(14)17;/h3,5,7-8,12-13,23H,4,6,9-11H2,1-2H3,(H2,20,21,22);1H/b5-3+;. The Kier molecular flexibility index (Phi) is 9.44. The average molecular weight is 444 g/mol. The molecule has 1 heterocycles. The zero-order valence-corrected chi connectivity index (χ0v) is 16.6. The molecule has 0 aliphatic rings. The highest BCUT2D eigenvalue weighted by Crippen LogP contribution is 2.19. The predicted molar refractivity (Wildman–Crippen MR) is 111 cm³/mol. The Hall–Kier alpha value is -1.57. The summed E-state index contributed by atoms with van der Waals surface area (Å²) in [6.45, 7) is 6.40. The van der Waals surface area contributed by atoms with Crippen LogP contribution in [-0.2, 0) is 6.42 Å². The summed E-state index contributed by atoms with van der Waals surface area (Å²) in [5, 5.41) is 7.50. The average Bonchev–Trinajstić information content (AvgIpc) is 2.94. The van der Waals surface area contributed by atoms with Crippen LogP contribution in [0.2, 0.25) is 0 Å². The first kappa shape index (κ1) is 20.5. The lowest BCUT2D eigenvalue weighted by Gasteiger charge is -2.10. The number of H-pyrrole nitrogens is 1. The molecule has 2 aromatic rings. The van der Waals surface area contributed by atoms with E-state index in [4.69, 9.17) is 0 Å². The van der Waals surface area contributed by atoms with Crippen LogP contribution in [0.15, 0.2) is 41.5 Å². The van der Waals surface area contributed by atoms with E-state index in [1.165, 1.54) is 6.07 Å². The van der Waals surface area contributed by atoms with Crippen LogP contribution in [0.4, 0.5) is 4.39 Å². The van der Waals surface area contributed by atoms with Gasteiger partial charge in [0.05, 0.1) is 0 Å². The van der Waals surface area contributed by atoms with Gasteiger partial charge in [0, 0.05) is 36.7 Å². The van der Waals surface area contributed by atoms with Gasteiger partial charge < -0.3 is 15.6 Å². The molecule has 4 nitrogen and oxygen atoms in total. The van der Waals surface area contributed by atoms with E-state index in [0.29, 0.717) is 0 Å². The predicted octanol–water partition coefficient (Wildman–Crippen LogP) is 3.99. The van der Waals surface area contributed by atoms with Crippen LogP contribution >= 0.6 is 24.0 Å². The molecule has 2 rings (SSSR count). The maximum atomic E-state index is 13.4. The molecule has 0 saturated carbocycles. The summed E-state index contributed by atoms with van der Waals surface area (Å²) in [5.41, 5.74) is 2.07. The van der Waals surface area contributed by atoms with Gasteiger partial charge in [0.25, 0.3) is 0 Å². The highest BCUT2D eigenvalue weighted by Gasteiger charge is 2.05. The quantitative estimate of drug-likeness (QED) is 0.199. The number of aromatic amines is 1. The molecule has 0 bridgehead atoms. The fourth-order valence-corrected chi connectivity index (χ4v) is 2.43. The molecule has 1 aromatic carbocycles. The van der Waals surface area contributed by atoms with Crippen LogP contribution in [0.5, 0.6) is 0 Å². The summed E-state index contributed by atoms with van der Waals surface area (Å²) < 4.78 is 13.4. The van der Waals surface area contributed by atoms with Crippen molar-refractivity contribution in [2.45, 2.75) is 26.7 Å². The number of halogens is 2. The molecule has 0 saturated heterocycles. The minimum absolute atomic E-state index is 0. The van der Waals surface area contributed by atoms with Gasteiger partial charge in [0.1, 0.15) is 5.82 Å². The lowest BCUT2D eigenvalue weighted by Crippen LogP contribution is -2.38. The smallest absolute Gasteiger partial charge is 0.191 e. The minimum Gasteiger partial charge on any atom is -0.361 e. The summed E-state index contributed by atoms with van der Waals surface area (Å²) in [6, 6.07) is 4.83. The van der Waals surface area contributed by atoms with Gasteiger partial charge in [0.2, 0.25) is 0 Å². The normalized spacial score (nSPS) is 11.7. The number of nitrogens with one attached hydrogen (secondary N) is 3. The van der Waals surface area contributed by atoms with Gasteiger partial charge in [-0.25, -0.2) is 4.39 Å². The highest BCUT2D eigenvalue weighted by molar-refractivity contribution is 14.0. The van der Waals surface area contributed by atoms with Crippen LogP contribution in [0, 0.1) is 5.82 Å². The van der Waals surface area contributed by atoms with Crippen molar-refractivity contribution in [3.8, 4) is 0 Å². The van der Waals surface area contributed by atoms with Crippen molar-refractivity contribution >= 4 is 40.8 Å². The lowest BCUT2D eigenvalue weighted by atomic mass is 10.1. The van der Waals surface area contributed by atoms with E-state index in [1.54, 1.807) is 12.1 Å². The van der Waals surface area contributed by atoms with E-state index in [0.717, 1.165) is 54.9 Å². The molecular formula is C18H26FIN4. The molecule has 1 aromatic heterocycles. The molecule has 0 aliphatic carbocycles. The van der Waals surface area contributed by atoms with Crippen molar-refractivity contribution in [2.24, 2.45) is 4.99 Å².